The van der Waals surface area contributed by atoms with Gasteiger partial charge in [-0.05, 0) is 47.9 Å². The van der Waals surface area contributed by atoms with Crippen molar-refractivity contribution in [1.82, 2.24) is 20.1 Å². The molecule has 4 heterocycles. The standard InChI is InChI=1S/C28H24N4O6S3/c33-18-7-5-15(6-8-18)12-31-10-9-16(24(31)35)11-17-13-39-26-22(25(36)32(26)23(17)27(37)38)30-21(34)14-40-28-29-19-3-1-2-4-20(19)41-28/h1-8,11,22,26,33H,9-10,12-14H2,(H,30,34)(H,37,38)/b16-11+/t22-,26-/m1/s1. The van der Waals surface area contributed by atoms with E-state index in [-0.39, 0.29) is 34.8 Å². The topological polar surface area (TPSA) is 140 Å². The average molecular weight is 609 g/mol. The van der Waals surface area contributed by atoms with Crippen LogP contribution in [0.3, 0.4) is 0 Å². The largest absolute Gasteiger partial charge is 0.508 e. The molecule has 0 unspecified atom stereocenters. The lowest BCUT2D eigenvalue weighted by atomic mass is 10.0. The summed E-state index contributed by atoms with van der Waals surface area (Å²) in [6.45, 7) is 0.865. The Hall–Kier alpha value is -3.81. The van der Waals surface area contributed by atoms with E-state index in [9.17, 15) is 29.4 Å². The van der Waals surface area contributed by atoms with Gasteiger partial charge in [-0.3, -0.25) is 19.3 Å². The monoisotopic (exact) mass is 608 g/mol. The fourth-order valence-electron chi connectivity index (χ4n) is 4.99. The Morgan fingerprint density at radius 3 is 2.68 bits per heavy atom. The molecule has 0 aliphatic carbocycles. The number of aliphatic carboxylic acids is 1. The lowest BCUT2D eigenvalue weighted by molar-refractivity contribution is -0.150. The number of aromatic hydroxyl groups is 1. The predicted octanol–water partition coefficient (Wildman–Crippen LogP) is 3.19. The average Bonchev–Trinajstić information content (AvgIpc) is 3.54. The molecule has 3 aromatic rings. The van der Waals surface area contributed by atoms with Gasteiger partial charge in [0.05, 0.1) is 16.0 Å². The lowest BCUT2D eigenvalue weighted by Gasteiger charge is -2.49. The molecule has 2 fully saturated rings. The summed E-state index contributed by atoms with van der Waals surface area (Å²) < 4.78 is 1.79. The second kappa shape index (κ2) is 11.2. The van der Waals surface area contributed by atoms with Crippen molar-refractivity contribution >= 4 is 68.8 Å². The van der Waals surface area contributed by atoms with Gasteiger partial charge in [0.15, 0.2) is 4.34 Å². The quantitative estimate of drug-likeness (QED) is 0.200. The van der Waals surface area contributed by atoms with Crippen LogP contribution in [0.25, 0.3) is 10.2 Å². The zero-order valence-corrected chi connectivity index (χ0v) is 23.9. The van der Waals surface area contributed by atoms with E-state index in [1.807, 2.05) is 24.3 Å². The molecule has 210 valence electrons. The Morgan fingerprint density at radius 2 is 1.93 bits per heavy atom. The van der Waals surface area contributed by atoms with E-state index >= 15 is 0 Å². The summed E-state index contributed by atoms with van der Waals surface area (Å²) in [6, 6.07) is 13.5. The number of hydrogen-bond donors (Lipinski definition) is 3. The van der Waals surface area contributed by atoms with Crippen LogP contribution < -0.4 is 5.32 Å². The van der Waals surface area contributed by atoms with Gasteiger partial charge in [0.1, 0.15) is 22.9 Å². The number of allylic oxidation sites excluding steroid dienone is 1. The number of hydrogen-bond acceptors (Lipinski definition) is 9. The highest BCUT2D eigenvalue weighted by molar-refractivity contribution is 8.01. The summed E-state index contributed by atoms with van der Waals surface area (Å²) in [5.74, 6) is -1.73. The molecule has 3 aliphatic heterocycles. The Bertz CT molecular complexity index is 1600. The van der Waals surface area contributed by atoms with Gasteiger partial charge in [0, 0.05) is 24.4 Å². The number of fused-ring (bicyclic) bond motifs is 2. The van der Waals surface area contributed by atoms with Crippen molar-refractivity contribution < 1.29 is 29.4 Å². The van der Waals surface area contributed by atoms with Crippen LogP contribution in [0, 0.1) is 0 Å². The number of nitrogens with zero attached hydrogens (tertiary/aromatic N) is 3. The van der Waals surface area contributed by atoms with E-state index in [1.54, 1.807) is 35.2 Å². The molecule has 6 rings (SSSR count). The molecule has 2 atom stereocenters. The molecule has 2 saturated heterocycles. The number of para-hydroxylation sites is 1. The summed E-state index contributed by atoms with van der Waals surface area (Å²) >= 11 is 4.15. The number of rotatable bonds is 8. The molecule has 10 nitrogen and oxygen atoms in total. The highest BCUT2D eigenvalue weighted by atomic mass is 32.2. The molecule has 3 amide bonds. The Labute approximate surface area is 247 Å². The first-order valence-electron chi connectivity index (χ1n) is 12.7. The van der Waals surface area contributed by atoms with Crippen molar-refractivity contribution in [1.29, 1.82) is 0 Å². The molecule has 0 spiro atoms. The number of likely N-dealkylation sites (tertiary alicyclic amines) is 1. The smallest absolute Gasteiger partial charge is 0.352 e. The number of thiazole rings is 1. The normalized spacial score (nSPS) is 21.4. The third-order valence-corrected chi connectivity index (χ3v) is 10.5. The number of phenolic OH excluding ortho intramolecular Hbond substituents is 1. The third kappa shape index (κ3) is 5.44. The number of carbonyl (C=O) groups excluding carboxylic acids is 3. The van der Waals surface area contributed by atoms with Crippen molar-refractivity contribution in [3.05, 3.63) is 77.0 Å². The molecule has 3 N–H and O–H groups in total. The Kier molecular flexibility index (Phi) is 7.49. The number of phenols is 1. The molecular formula is C28H24N4O6S3. The number of carbonyl (C=O) groups is 4. The van der Waals surface area contributed by atoms with Gasteiger partial charge in [-0.2, -0.15) is 0 Å². The maximum absolute atomic E-state index is 13.0. The van der Waals surface area contributed by atoms with Gasteiger partial charge < -0.3 is 20.4 Å². The predicted molar refractivity (Wildman–Crippen MR) is 156 cm³/mol. The van der Waals surface area contributed by atoms with Crippen molar-refractivity contribution in [2.75, 3.05) is 18.1 Å². The fourth-order valence-corrected chi connectivity index (χ4v) is 8.18. The number of benzene rings is 2. The number of carboxylic acids is 1. The molecule has 0 saturated carbocycles. The zero-order chi connectivity index (χ0) is 28.7. The van der Waals surface area contributed by atoms with E-state index in [1.165, 1.54) is 39.8 Å². The molecule has 1 aromatic heterocycles. The maximum Gasteiger partial charge on any atom is 0.352 e. The van der Waals surface area contributed by atoms with E-state index < -0.39 is 23.3 Å². The first-order chi connectivity index (χ1) is 19.8. The van der Waals surface area contributed by atoms with Crippen LogP contribution in [0.5, 0.6) is 5.75 Å². The molecule has 0 bridgehead atoms. The fraction of sp³-hybridized carbons (Fsp3) is 0.250. The van der Waals surface area contributed by atoms with Gasteiger partial charge in [-0.15, -0.1) is 23.1 Å². The molecular weight excluding hydrogens is 585 g/mol. The number of β-lactam (4-membered cyclic amide) rings is 1. The van der Waals surface area contributed by atoms with Crippen LogP contribution in [0.4, 0.5) is 0 Å². The molecule has 41 heavy (non-hydrogen) atoms. The number of amides is 3. The lowest BCUT2D eigenvalue weighted by Crippen LogP contribution is -2.70. The minimum atomic E-state index is -1.25. The van der Waals surface area contributed by atoms with E-state index in [4.69, 9.17) is 0 Å². The number of thioether (sulfide) groups is 2. The maximum atomic E-state index is 13.0. The Balaban J connectivity index is 1.10. The van der Waals surface area contributed by atoms with Gasteiger partial charge >= 0.3 is 5.97 Å². The van der Waals surface area contributed by atoms with E-state index in [2.05, 4.69) is 10.3 Å². The van der Waals surface area contributed by atoms with Gasteiger partial charge in [-0.25, -0.2) is 9.78 Å². The van der Waals surface area contributed by atoms with Crippen LogP contribution in [-0.2, 0) is 25.7 Å². The summed E-state index contributed by atoms with van der Waals surface area (Å²) in [5, 5.41) is 21.7. The molecule has 2 aromatic carbocycles. The number of aromatic nitrogens is 1. The van der Waals surface area contributed by atoms with Crippen LogP contribution >= 0.6 is 34.9 Å². The second-order valence-corrected chi connectivity index (χ2v) is 13.0. The SMILES string of the molecule is O=C(CSc1nc2ccccc2s1)N[C@@H]1C(=O)N2C(C(=O)O)=C(/C=C3\CCN(Cc4ccc(O)cc4)C3=O)CS[C@H]12. The molecule has 3 aliphatic rings. The van der Waals surface area contributed by atoms with Crippen molar-refractivity contribution in [2.24, 2.45) is 0 Å². The summed E-state index contributed by atoms with van der Waals surface area (Å²) in [7, 11) is 0. The third-order valence-electron chi connectivity index (χ3n) is 6.99. The Morgan fingerprint density at radius 1 is 1.15 bits per heavy atom. The first-order valence-corrected chi connectivity index (χ1v) is 15.6. The van der Waals surface area contributed by atoms with Crippen LogP contribution in [0.1, 0.15) is 12.0 Å². The second-order valence-electron chi connectivity index (χ2n) is 9.68. The van der Waals surface area contributed by atoms with E-state index in [0.717, 1.165) is 20.1 Å². The minimum Gasteiger partial charge on any atom is -0.508 e. The van der Waals surface area contributed by atoms with Crippen molar-refractivity contribution in [2.45, 2.75) is 28.7 Å². The van der Waals surface area contributed by atoms with E-state index in [0.29, 0.717) is 30.7 Å². The summed E-state index contributed by atoms with van der Waals surface area (Å²) in [4.78, 5) is 58.4. The van der Waals surface area contributed by atoms with Crippen LogP contribution in [0.2, 0.25) is 0 Å². The highest BCUT2D eigenvalue weighted by Crippen LogP contribution is 2.41. The van der Waals surface area contributed by atoms with Crippen molar-refractivity contribution in [3.8, 4) is 5.75 Å². The summed E-state index contributed by atoms with van der Waals surface area (Å²) in [5.41, 5.74) is 2.48. The van der Waals surface area contributed by atoms with Crippen molar-refractivity contribution in [3.63, 3.8) is 0 Å². The van der Waals surface area contributed by atoms with Gasteiger partial charge in [-0.1, -0.05) is 36.0 Å². The summed E-state index contributed by atoms with van der Waals surface area (Å²) in [6.07, 6.45) is 2.06. The van der Waals surface area contributed by atoms with Crippen LogP contribution in [-0.4, -0.2) is 78.2 Å². The van der Waals surface area contributed by atoms with Gasteiger partial charge in [0.2, 0.25) is 11.8 Å². The van der Waals surface area contributed by atoms with Crippen LogP contribution in [0.15, 0.2) is 75.8 Å². The molecule has 0 radical (unpaired) electrons. The number of carboxylic acid groups (broad SMARTS) is 1. The first kappa shape index (κ1) is 27.4. The number of nitrogens with one attached hydrogen (secondary N) is 1. The zero-order valence-electron chi connectivity index (χ0n) is 21.5. The molecule has 13 heteroatoms. The highest BCUT2D eigenvalue weighted by Gasteiger charge is 2.54. The minimum absolute atomic E-state index is 0.0860. The van der Waals surface area contributed by atoms with Gasteiger partial charge in [0.25, 0.3) is 5.91 Å².